The molecule has 110 valence electrons. The van der Waals surface area contributed by atoms with Gasteiger partial charge in [-0.05, 0) is 48.7 Å². The van der Waals surface area contributed by atoms with E-state index in [1.165, 1.54) is 12.1 Å². The number of rotatable bonds is 3. The molecule has 0 atom stereocenters. The molecule has 1 aliphatic rings. The molecule has 1 fully saturated rings. The number of hydrogen-bond donors (Lipinski definition) is 0. The van der Waals surface area contributed by atoms with Crippen LogP contribution in [0.1, 0.15) is 12.8 Å². The zero-order valence-electron chi connectivity index (χ0n) is 11.6. The zero-order chi connectivity index (χ0) is 14.8. The Morgan fingerprint density at radius 2 is 1.76 bits per heavy atom. The number of hydrogen-bond acceptors (Lipinski definition) is 5. The Balaban J connectivity index is 1.91. The minimum atomic E-state index is -0.279. The van der Waals surface area contributed by atoms with Crippen molar-refractivity contribution >= 4 is 29.2 Å². The fourth-order valence-corrected chi connectivity index (χ4v) is 2.47. The fourth-order valence-electron chi connectivity index (χ4n) is 2.32. The Morgan fingerprint density at radius 1 is 1.10 bits per heavy atom. The molecule has 0 radical (unpaired) electrons. The van der Waals surface area contributed by atoms with Gasteiger partial charge in [0.2, 0.25) is 17.2 Å². The predicted octanol–water partition coefficient (Wildman–Crippen LogP) is 3.03. The molecule has 0 spiro atoms. The van der Waals surface area contributed by atoms with Crippen molar-refractivity contribution in [3.63, 3.8) is 0 Å². The van der Waals surface area contributed by atoms with Gasteiger partial charge in [-0.15, -0.1) is 0 Å². The van der Waals surface area contributed by atoms with Crippen LogP contribution in [0.25, 0.3) is 0 Å². The monoisotopic (exact) mass is 307 g/mol. The summed E-state index contributed by atoms with van der Waals surface area (Å²) in [6, 6.07) is 6.14. The van der Waals surface area contributed by atoms with E-state index in [2.05, 4.69) is 19.9 Å². The summed E-state index contributed by atoms with van der Waals surface area (Å²) >= 11 is 6.01. The molecule has 2 aromatic rings. The first-order valence-corrected chi connectivity index (χ1v) is 7.17. The third-order valence-corrected chi connectivity index (χ3v) is 3.66. The lowest BCUT2D eigenvalue weighted by molar-refractivity contribution is 0.628. The van der Waals surface area contributed by atoms with Crippen molar-refractivity contribution in [1.82, 2.24) is 15.0 Å². The molecule has 0 amide bonds. The average molecular weight is 308 g/mol. The molecule has 21 heavy (non-hydrogen) atoms. The summed E-state index contributed by atoms with van der Waals surface area (Å²) < 4.78 is 13.0. The summed E-state index contributed by atoms with van der Waals surface area (Å²) in [5.41, 5.74) is 0.783. The van der Waals surface area contributed by atoms with E-state index in [0.29, 0.717) is 11.9 Å². The summed E-state index contributed by atoms with van der Waals surface area (Å²) in [4.78, 5) is 16.7. The highest BCUT2D eigenvalue weighted by molar-refractivity contribution is 6.28. The van der Waals surface area contributed by atoms with Crippen LogP contribution >= 0.6 is 11.6 Å². The van der Waals surface area contributed by atoms with E-state index >= 15 is 0 Å². The third-order valence-electron chi connectivity index (χ3n) is 3.49. The number of anilines is 3. The van der Waals surface area contributed by atoms with Gasteiger partial charge in [0.1, 0.15) is 5.82 Å². The first-order chi connectivity index (χ1) is 10.1. The van der Waals surface area contributed by atoms with Crippen molar-refractivity contribution in [2.24, 2.45) is 0 Å². The van der Waals surface area contributed by atoms with Crippen molar-refractivity contribution in [2.45, 2.75) is 12.8 Å². The molecule has 1 aromatic carbocycles. The molecule has 0 N–H and O–H groups in total. The molecular weight excluding hydrogens is 293 g/mol. The summed E-state index contributed by atoms with van der Waals surface area (Å²) in [5, 5.41) is 0.163. The minimum absolute atomic E-state index is 0.163. The Labute approximate surface area is 127 Å². The minimum Gasteiger partial charge on any atom is -0.341 e. The fraction of sp³-hybridized carbons (Fsp3) is 0.357. The van der Waals surface area contributed by atoms with Gasteiger partial charge >= 0.3 is 0 Å². The van der Waals surface area contributed by atoms with Gasteiger partial charge in [-0.2, -0.15) is 15.0 Å². The van der Waals surface area contributed by atoms with E-state index in [1.54, 1.807) is 17.0 Å². The average Bonchev–Trinajstić information content (AvgIpc) is 3.01. The second-order valence-corrected chi connectivity index (χ2v) is 5.27. The van der Waals surface area contributed by atoms with Gasteiger partial charge in [-0.25, -0.2) is 4.39 Å². The molecule has 0 bridgehead atoms. The molecule has 7 heteroatoms. The Bertz CT molecular complexity index is 628. The number of benzene rings is 1. The zero-order valence-corrected chi connectivity index (χ0v) is 12.4. The number of aromatic nitrogens is 3. The van der Waals surface area contributed by atoms with Gasteiger partial charge in [0.25, 0.3) is 0 Å². The lowest BCUT2D eigenvalue weighted by Crippen LogP contribution is -2.23. The standard InChI is InChI=1S/C14H15ClFN5/c1-20(11-6-4-10(16)5-7-11)13-17-12(15)18-14(19-13)21-8-2-3-9-21/h4-7H,2-3,8-9H2,1H3. The molecule has 2 heterocycles. The maximum atomic E-state index is 13.0. The van der Waals surface area contributed by atoms with Gasteiger partial charge in [0, 0.05) is 25.8 Å². The van der Waals surface area contributed by atoms with E-state index < -0.39 is 0 Å². The van der Waals surface area contributed by atoms with Crippen LogP contribution in [0.4, 0.5) is 22.0 Å². The predicted molar refractivity (Wildman–Crippen MR) is 80.7 cm³/mol. The molecule has 5 nitrogen and oxygen atoms in total. The SMILES string of the molecule is CN(c1ccc(F)cc1)c1nc(Cl)nc(N2CCCC2)n1. The van der Waals surface area contributed by atoms with Gasteiger partial charge in [0.15, 0.2) is 0 Å². The van der Waals surface area contributed by atoms with Crippen LogP contribution in [0.3, 0.4) is 0 Å². The van der Waals surface area contributed by atoms with Crippen LogP contribution in [0.5, 0.6) is 0 Å². The molecule has 1 aliphatic heterocycles. The van der Waals surface area contributed by atoms with Gasteiger partial charge in [0.05, 0.1) is 0 Å². The topological polar surface area (TPSA) is 45.2 Å². The van der Waals surface area contributed by atoms with Crippen molar-refractivity contribution in [3.05, 3.63) is 35.4 Å². The molecule has 0 aliphatic carbocycles. The summed E-state index contributed by atoms with van der Waals surface area (Å²) in [6.07, 6.45) is 2.26. The number of nitrogens with zero attached hydrogens (tertiary/aromatic N) is 5. The van der Waals surface area contributed by atoms with Crippen LogP contribution < -0.4 is 9.80 Å². The Kier molecular flexibility index (Phi) is 3.88. The van der Waals surface area contributed by atoms with Crippen molar-refractivity contribution < 1.29 is 4.39 Å². The smallest absolute Gasteiger partial charge is 0.235 e. The second kappa shape index (κ2) is 5.81. The largest absolute Gasteiger partial charge is 0.341 e. The van der Waals surface area contributed by atoms with Gasteiger partial charge in [-0.3, -0.25) is 0 Å². The first kappa shape index (κ1) is 14.0. The van der Waals surface area contributed by atoms with E-state index in [0.717, 1.165) is 31.6 Å². The highest BCUT2D eigenvalue weighted by atomic mass is 35.5. The quantitative estimate of drug-likeness (QED) is 0.872. The molecule has 0 unspecified atom stereocenters. The lowest BCUT2D eigenvalue weighted by Gasteiger charge is -2.20. The number of halogens is 2. The van der Waals surface area contributed by atoms with E-state index in [4.69, 9.17) is 11.6 Å². The van der Waals surface area contributed by atoms with E-state index in [1.807, 2.05) is 7.05 Å². The lowest BCUT2D eigenvalue weighted by atomic mass is 10.3. The Morgan fingerprint density at radius 3 is 2.43 bits per heavy atom. The van der Waals surface area contributed by atoms with Crippen molar-refractivity contribution in [2.75, 3.05) is 29.9 Å². The van der Waals surface area contributed by atoms with E-state index in [-0.39, 0.29) is 11.1 Å². The van der Waals surface area contributed by atoms with E-state index in [9.17, 15) is 4.39 Å². The first-order valence-electron chi connectivity index (χ1n) is 6.79. The molecule has 3 rings (SSSR count). The summed E-state index contributed by atoms with van der Waals surface area (Å²) in [6.45, 7) is 1.86. The molecule has 1 aromatic heterocycles. The van der Waals surface area contributed by atoms with Crippen molar-refractivity contribution in [1.29, 1.82) is 0 Å². The Hall–Kier alpha value is -1.95. The molecule has 1 saturated heterocycles. The highest BCUT2D eigenvalue weighted by Gasteiger charge is 2.18. The summed E-state index contributed by atoms with van der Waals surface area (Å²) in [7, 11) is 1.81. The van der Waals surface area contributed by atoms with Crippen LogP contribution in [-0.2, 0) is 0 Å². The van der Waals surface area contributed by atoms with Crippen LogP contribution in [-0.4, -0.2) is 35.1 Å². The molecular formula is C14H15ClFN5. The maximum absolute atomic E-state index is 13.0. The maximum Gasteiger partial charge on any atom is 0.235 e. The third kappa shape index (κ3) is 3.05. The van der Waals surface area contributed by atoms with Crippen molar-refractivity contribution in [3.8, 4) is 0 Å². The van der Waals surface area contributed by atoms with Gasteiger partial charge in [-0.1, -0.05) is 0 Å². The highest BCUT2D eigenvalue weighted by Crippen LogP contribution is 2.24. The summed E-state index contributed by atoms with van der Waals surface area (Å²) in [5.74, 6) is 0.763. The van der Waals surface area contributed by atoms with Crippen LogP contribution in [0.15, 0.2) is 24.3 Å². The second-order valence-electron chi connectivity index (χ2n) is 4.93. The van der Waals surface area contributed by atoms with Crippen LogP contribution in [0, 0.1) is 5.82 Å². The van der Waals surface area contributed by atoms with Crippen LogP contribution in [0.2, 0.25) is 5.28 Å². The molecule has 0 saturated carbocycles. The van der Waals surface area contributed by atoms with Gasteiger partial charge < -0.3 is 9.80 Å². The normalized spacial score (nSPS) is 14.5.